The first-order valence-corrected chi connectivity index (χ1v) is 17.9. The molecule has 0 saturated heterocycles. The number of amides is 2. The molecule has 9 rings (SSSR count). The third-order valence-corrected chi connectivity index (χ3v) is 10.5. The predicted octanol–water partition coefficient (Wildman–Crippen LogP) is 6.82. The van der Waals surface area contributed by atoms with Gasteiger partial charge >= 0.3 is 0 Å². The zero-order chi connectivity index (χ0) is 36.8. The monoisotopic (exact) mass is 719 g/mol. The summed E-state index contributed by atoms with van der Waals surface area (Å²) in [5.41, 5.74) is 8.32. The van der Waals surface area contributed by atoms with Crippen LogP contribution in [0.25, 0.3) is 0 Å². The first-order chi connectivity index (χ1) is 26.4. The summed E-state index contributed by atoms with van der Waals surface area (Å²) in [5, 5.41) is 0. The van der Waals surface area contributed by atoms with Crippen LogP contribution in [0.3, 0.4) is 0 Å². The Morgan fingerprint density at radius 1 is 0.611 bits per heavy atom. The van der Waals surface area contributed by atoms with E-state index in [1.807, 2.05) is 58.6 Å². The molecule has 4 aliphatic rings. The van der Waals surface area contributed by atoms with Gasteiger partial charge in [-0.25, -0.2) is 0 Å². The Balaban J connectivity index is 0.897. The van der Waals surface area contributed by atoms with Crippen molar-refractivity contribution in [2.24, 2.45) is 9.98 Å². The van der Waals surface area contributed by atoms with Crippen LogP contribution < -0.4 is 18.9 Å². The van der Waals surface area contributed by atoms with Crippen molar-refractivity contribution in [3.05, 3.63) is 136 Å². The molecule has 0 radical (unpaired) electrons. The molecule has 0 fully saturated rings. The number of nitrogens with zero attached hydrogens (tertiary/aromatic N) is 5. The number of pyridine rings is 1. The minimum Gasteiger partial charge on any atom is -0.493 e. The van der Waals surface area contributed by atoms with Gasteiger partial charge in [-0.15, -0.1) is 0 Å². The van der Waals surface area contributed by atoms with E-state index >= 15 is 0 Å². The summed E-state index contributed by atoms with van der Waals surface area (Å²) in [6.45, 7) is 1.42. The minimum absolute atomic E-state index is 0.0862. The van der Waals surface area contributed by atoms with Gasteiger partial charge in [0, 0.05) is 43.8 Å². The molecule has 1 unspecified atom stereocenters. The Morgan fingerprint density at radius 3 is 1.63 bits per heavy atom. The van der Waals surface area contributed by atoms with E-state index in [0.717, 1.165) is 23.1 Å². The second kappa shape index (κ2) is 13.8. The van der Waals surface area contributed by atoms with Crippen molar-refractivity contribution < 1.29 is 28.5 Å². The van der Waals surface area contributed by atoms with Crippen molar-refractivity contribution in [2.45, 2.75) is 51.2 Å². The standard InChI is InChI=1S/C43H37N5O6/c1-51-38-16-34-36(45-20-32-14-27-7-3-5-9-29(27)22-47(32)42(34)49)18-40(38)53-24-26-11-12-44-31(13-26)25-54-41-19-37-35(17-39(41)52-2)43(50)48-23-30-10-6-4-8-28(30)15-33(48)21-46-37/h3-13,16-21,32-33H,14-15,22-25H2,1-2H3/t32-,33?/m0/s1. The number of aromatic nitrogens is 1. The summed E-state index contributed by atoms with van der Waals surface area (Å²) in [6.07, 6.45) is 6.85. The molecule has 54 heavy (non-hydrogen) atoms. The number of fused-ring (bicyclic) bond motifs is 6. The van der Waals surface area contributed by atoms with Crippen LogP contribution in [0.5, 0.6) is 23.0 Å². The maximum absolute atomic E-state index is 13.8. The fraction of sp³-hybridized carbons (Fsp3) is 0.233. The third kappa shape index (κ3) is 6.11. The van der Waals surface area contributed by atoms with Crippen LogP contribution in [0.2, 0.25) is 0 Å². The van der Waals surface area contributed by atoms with Gasteiger partial charge in [0.15, 0.2) is 23.0 Å². The lowest BCUT2D eigenvalue weighted by atomic mass is 9.94. The van der Waals surface area contributed by atoms with Crippen molar-refractivity contribution >= 4 is 35.6 Å². The Kier molecular flexibility index (Phi) is 8.53. The number of aliphatic imine (C=N–C) groups is 2. The molecule has 5 heterocycles. The number of hydrogen-bond acceptors (Lipinski definition) is 9. The molecular formula is C43H37N5O6. The lowest BCUT2D eigenvalue weighted by molar-refractivity contribution is 0.0696. The molecule has 11 nitrogen and oxygen atoms in total. The second-order valence-corrected chi connectivity index (χ2v) is 13.8. The number of ether oxygens (including phenoxy) is 4. The highest BCUT2D eigenvalue weighted by Crippen LogP contribution is 2.40. The van der Waals surface area contributed by atoms with Crippen LogP contribution in [0.4, 0.5) is 11.4 Å². The van der Waals surface area contributed by atoms with E-state index < -0.39 is 0 Å². The van der Waals surface area contributed by atoms with Crippen molar-refractivity contribution in [1.29, 1.82) is 0 Å². The van der Waals surface area contributed by atoms with Gasteiger partial charge in [0.2, 0.25) is 0 Å². The molecular weight excluding hydrogens is 683 g/mol. The smallest absolute Gasteiger partial charge is 0.257 e. The van der Waals surface area contributed by atoms with Gasteiger partial charge in [0.1, 0.15) is 13.2 Å². The quantitative estimate of drug-likeness (QED) is 0.173. The van der Waals surface area contributed by atoms with Gasteiger partial charge in [0.25, 0.3) is 11.8 Å². The topological polar surface area (TPSA) is 115 Å². The Morgan fingerprint density at radius 2 is 1.11 bits per heavy atom. The number of carbonyl (C=O) groups is 2. The summed E-state index contributed by atoms with van der Waals surface area (Å²) < 4.78 is 23.8. The van der Waals surface area contributed by atoms with Crippen LogP contribution in [-0.4, -0.2) is 65.3 Å². The van der Waals surface area contributed by atoms with Crippen molar-refractivity contribution in [3.8, 4) is 23.0 Å². The molecule has 1 aromatic heterocycles. The van der Waals surface area contributed by atoms with Crippen molar-refractivity contribution in [3.63, 3.8) is 0 Å². The van der Waals surface area contributed by atoms with Gasteiger partial charge in [-0.2, -0.15) is 0 Å². The van der Waals surface area contributed by atoms with E-state index in [0.29, 0.717) is 70.7 Å². The summed E-state index contributed by atoms with van der Waals surface area (Å²) in [6, 6.07) is 26.9. The maximum Gasteiger partial charge on any atom is 0.257 e. The molecule has 0 bridgehead atoms. The first-order valence-electron chi connectivity index (χ1n) is 17.9. The highest BCUT2D eigenvalue weighted by molar-refractivity contribution is 6.04. The predicted molar refractivity (Wildman–Crippen MR) is 203 cm³/mol. The van der Waals surface area contributed by atoms with E-state index in [1.54, 1.807) is 44.7 Å². The Labute approximate surface area is 312 Å². The third-order valence-electron chi connectivity index (χ3n) is 10.5. The van der Waals surface area contributed by atoms with Crippen LogP contribution in [0.15, 0.2) is 101 Å². The van der Waals surface area contributed by atoms with E-state index in [2.05, 4.69) is 29.2 Å². The normalized spacial score (nSPS) is 17.9. The SMILES string of the molecule is COc1cc2c(cc1OCc1ccnc(COc3cc4c(cc3OC)C(=O)N3Cc5ccccc5CC3C=N4)c1)N=C[C@@H]1Cc3ccccc3CN1C2=O. The van der Waals surface area contributed by atoms with Gasteiger partial charge in [-0.3, -0.25) is 24.6 Å². The lowest BCUT2D eigenvalue weighted by Crippen LogP contribution is -2.44. The summed E-state index contributed by atoms with van der Waals surface area (Å²) in [7, 11) is 3.11. The molecule has 0 spiro atoms. The Bertz CT molecular complexity index is 2210. The van der Waals surface area contributed by atoms with E-state index in [9.17, 15) is 9.59 Å². The Hall–Kier alpha value is -6.49. The molecule has 270 valence electrons. The van der Waals surface area contributed by atoms with Gasteiger partial charge in [-0.1, -0.05) is 48.5 Å². The van der Waals surface area contributed by atoms with Gasteiger partial charge in [0.05, 0.1) is 54.5 Å². The lowest BCUT2D eigenvalue weighted by Gasteiger charge is -2.34. The summed E-state index contributed by atoms with van der Waals surface area (Å²) >= 11 is 0. The molecule has 0 N–H and O–H groups in total. The van der Waals surface area contributed by atoms with E-state index in [1.165, 1.54) is 11.1 Å². The van der Waals surface area contributed by atoms with Crippen molar-refractivity contribution in [2.75, 3.05) is 14.2 Å². The van der Waals surface area contributed by atoms with E-state index in [-0.39, 0.29) is 37.1 Å². The number of rotatable bonds is 8. The average Bonchev–Trinajstić information content (AvgIpc) is 3.42. The highest BCUT2D eigenvalue weighted by atomic mass is 16.5. The van der Waals surface area contributed by atoms with Gasteiger partial charge < -0.3 is 28.7 Å². The summed E-state index contributed by atoms with van der Waals surface area (Å²) in [5.74, 6) is 1.64. The number of methoxy groups -OCH3 is 2. The summed E-state index contributed by atoms with van der Waals surface area (Å²) in [4.78, 5) is 45.3. The van der Waals surface area contributed by atoms with Crippen LogP contribution >= 0.6 is 0 Å². The zero-order valence-electron chi connectivity index (χ0n) is 29.9. The van der Waals surface area contributed by atoms with Crippen LogP contribution in [-0.2, 0) is 39.1 Å². The largest absolute Gasteiger partial charge is 0.493 e. The number of hydrogen-bond donors (Lipinski definition) is 0. The molecule has 2 amide bonds. The number of carbonyl (C=O) groups excluding carboxylic acids is 2. The van der Waals surface area contributed by atoms with E-state index in [4.69, 9.17) is 28.9 Å². The molecule has 0 saturated carbocycles. The minimum atomic E-state index is -0.133. The molecule has 4 aliphatic heterocycles. The van der Waals surface area contributed by atoms with Crippen LogP contribution in [0, 0.1) is 0 Å². The molecule has 11 heteroatoms. The maximum atomic E-state index is 13.8. The fourth-order valence-corrected chi connectivity index (χ4v) is 7.66. The molecule has 5 aromatic rings. The van der Waals surface area contributed by atoms with Crippen LogP contribution in [0.1, 0.15) is 54.2 Å². The molecule has 2 atom stereocenters. The first kappa shape index (κ1) is 33.4. The molecule has 4 aromatic carbocycles. The van der Waals surface area contributed by atoms with Crippen molar-refractivity contribution in [1.82, 2.24) is 14.8 Å². The average molecular weight is 720 g/mol. The zero-order valence-corrected chi connectivity index (χ0v) is 29.9. The fourth-order valence-electron chi connectivity index (χ4n) is 7.66. The molecule has 0 aliphatic carbocycles. The second-order valence-electron chi connectivity index (χ2n) is 13.8. The number of benzene rings is 4. The van der Waals surface area contributed by atoms with Gasteiger partial charge in [-0.05, 0) is 64.9 Å². The highest BCUT2D eigenvalue weighted by Gasteiger charge is 2.35.